The average Bonchev–Trinajstić information content (AvgIpc) is 3.58. The highest BCUT2D eigenvalue weighted by atomic mass is 16.5. The zero-order valence-electron chi connectivity index (χ0n) is 35.4. The Bertz CT molecular complexity index is 2120. The maximum absolute atomic E-state index is 11.6. The van der Waals surface area contributed by atoms with Crippen LogP contribution in [0, 0.1) is 28.6 Å². The van der Waals surface area contributed by atoms with Gasteiger partial charge in [-0.1, -0.05) is 170 Å². The highest BCUT2D eigenvalue weighted by molar-refractivity contribution is 5.73. The van der Waals surface area contributed by atoms with Crippen molar-refractivity contribution >= 4 is 0 Å². The molecule has 1 fully saturated rings. The third kappa shape index (κ3) is 10.6. The van der Waals surface area contributed by atoms with Crippen LogP contribution in [0.5, 0.6) is 11.5 Å². The van der Waals surface area contributed by atoms with Crippen LogP contribution in [-0.2, 0) is 0 Å². The zero-order chi connectivity index (χ0) is 40.7. The SMILES string of the molecule is CCCCCC(C)(C)CC1CC(CC(C)(C)C)CC1COc1ccc(-c2nc(-c3ccc(-c4ccccc4)cc3)nc(-c3ccc(-c4ccccc4)cc3)n2)c(O)c1. The monoisotopic (exact) mass is 771 g/mol. The van der Waals surface area contributed by atoms with E-state index >= 15 is 0 Å². The van der Waals surface area contributed by atoms with Crippen molar-refractivity contribution in [2.24, 2.45) is 28.6 Å². The summed E-state index contributed by atoms with van der Waals surface area (Å²) in [7, 11) is 0. The summed E-state index contributed by atoms with van der Waals surface area (Å²) in [5.74, 6) is 4.11. The molecular formula is C53H61N3O2. The number of hydrogen-bond acceptors (Lipinski definition) is 5. The third-order valence-corrected chi connectivity index (χ3v) is 11.9. The van der Waals surface area contributed by atoms with E-state index in [1.165, 1.54) is 51.4 Å². The van der Waals surface area contributed by atoms with Gasteiger partial charge in [0.2, 0.25) is 0 Å². The molecule has 5 aromatic carbocycles. The first-order valence-electron chi connectivity index (χ1n) is 21.5. The van der Waals surface area contributed by atoms with Gasteiger partial charge in [-0.05, 0) is 95.1 Å². The van der Waals surface area contributed by atoms with Crippen LogP contribution >= 0.6 is 0 Å². The van der Waals surface area contributed by atoms with E-state index in [9.17, 15) is 5.11 Å². The quantitative estimate of drug-likeness (QED) is 0.105. The van der Waals surface area contributed by atoms with Gasteiger partial charge in [0.1, 0.15) is 11.5 Å². The highest BCUT2D eigenvalue weighted by Gasteiger charge is 2.39. The van der Waals surface area contributed by atoms with Crippen molar-refractivity contribution in [1.29, 1.82) is 0 Å². The van der Waals surface area contributed by atoms with E-state index in [1.807, 2.05) is 48.5 Å². The van der Waals surface area contributed by atoms with Gasteiger partial charge in [0.15, 0.2) is 17.5 Å². The number of ether oxygens (including phenoxy) is 1. The molecule has 0 saturated heterocycles. The lowest BCUT2D eigenvalue weighted by molar-refractivity contribution is 0.162. The lowest BCUT2D eigenvalue weighted by Gasteiger charge is -2.31. The summed E-state index contributed by atoms with van der Waals surface area (Å²) in [5.41, 5.74) is 7.45. The minimum absolute atomic E-state index is 0.0880. The molecule has 0 aliphatic heterocycles. The number of aromatic nitrogens is 3. The minimum Gasteiger partial charge on any atom is -0.507 e. The minimum atomic E-state index is 0.0880. The zero-order valence-corrected chi connectivity index (χ0v) is 35.4. The Morgan fingerprint density at radius 3 is 1.59 bits per heavy atom. The first-order chi connectivity index (χ1) is 27.9. The lowest BCUT2D eigenvalue weighted by atomic mass is 9.75. The summed E-state index contributed by atoms with van der Waals surface area (Å²) >= 11 is 0. The first-order valence-corrected chi connectivity index (χ1v) is 21.5. The van der Waals surface area contributed by atoms with Crippen LogP contribution in [0.25, 0.3) is 56.4 Å². The summed E-state index contributed by atoms with van der Waals surface area (Å²) in [4.78, 5) is 14.9. The van der Waals surface area contributed by atoms with Gasteiger partial charge in [0, 0.05) is 17.2 Å². The van der Waals surface area contributed by atoms with E-state index < -0.39 is 0 Å². The molecule has 0 bridgehead atoms. The van der Waals surface area contributed by atoms with Crippen LogP contribution in [0.4, 0.5) is 0 Å². The van der Waals surface area contributed by atoms with Gasteiger partial charge in [-0.25, -0.2) is 15.0 Å². The summed E-state index contributed by atoms with van der Waals surface area (Å²) in [5, 5.41) is 11.6. The van der Waals surface area contributed by atoms with Crippen molar-refractivity contribution < 1.29 is 9.84 Å². The maximum Gasteiger partial charge on any atom is 0.167 e. The highest BCUT2D eigenvalue weighted by Crippen LogP contribution is 2.48. The number of nitrogens with zero attached hydrogens (tertiary/aromatic N) is 3. The van der Waals surface area contributed by atoms with Gasteiger partial charge in [0.05, 0.1) is 12.2 Å². The fraction of sp³-hybridized carbons (Fsp3) is 0.377. The molecule has 1 aromatic heterocycles. The molecular weight excluding hydrogens is 711 g/mol. The Morgan fingerprint density at radius 1 is 0.569 bits per heavy atom. The summed E-state index contributed by atoms with van der Waals surface area (Å²) in [6, 6.07) is 42.8. The third-order valence-electron chi connectivity index (χ3n) is 11.9. The van der Waals surface area contributed by atoms with Gasteiger partial charge in [-0.2, -0.15) is 0 Å². The van der Waals surface area contributed by atoms with Crippen molar-refractivity contribution in [2.75, 3.05) is 6.61 Å². The number of benzene rings is 5. The molecule has 7 rings (SSSR count). The predicted molar refractivity (Wildman–Crippen MR) is 240 cm³/mol. The van der Waals surface area contributed by atoms with Crippen molar-refractivity contribution in [3.8, 4) is 67.9 Å². The van der Waals surface area contributed by atoms with Crippen LogP contribution in [-0.4, -0.2) is 26.7 Å². The molecule has 1 heterocycles. The lowest BCUT2D eigenvalue weighted by Crippen LogP contribution is -2.23. The normalized spacial score (nSPS) is 17.0. The van der Waals surface area contributed by atoms with Gasteiger partial charge in [-0.15, -0.1) is 0 Å². The van der Waals surface area contributed by atoms with Crippen LogP contribution in [0.3, 0.4) is 0 Å². The van der Waals surface area contributed by atoms with E-state index in [-0.39, 0.29) is 5.75 Å². The fourth-order valence-corrected chi connectivity index (χ4v) is 9.12. The molecule has 1 aliphatic rings. The van der Waals surface area contributed by atoms with E-state index in [4.69, 9.17) is 19.7 Å². The Kier molecular flexibility index (Phi) is 12.8. The Hall–Kier alpha value is -5.29. The van der Waals surface area contributed by atoms with Crippen LogP contribution in [0.1, 0.15) is 92.9 Å². The van der Waals surface area contributed by atoms with Crippen LogP contribution in [0.2, 0.25) is 0 Å². The average molecular weight is 772 g/mol. The number of rotatable bonds is 15. The number of phenols is 1. The van der Waals surface area contributed by atoms with Crippen LogP contribution < -0.4 is 4.74 Å². The molecule has 1 aliphatic carbocycles. The molecule has 0 spiro atoms. The van der Waals surface area contributed by atoms with Crippen molar-refractivity contribution in [3.63, 3.8) is 0 Å². The van der Waals surface area contributed by atoms with Crippen molar-refractivity contribution in [2.45, 2.75) is 92.9 Å². The van der Waals surface area contributed by atoms with E-state index in [1.54, 1.807) is 6.07 Å². The van der Waals surface area contributed by atoms with E-state index in [2.05, 4.69) is 114 Å². The topological polar surface area (TPSA) is 68.1 Å². The molecule has 300 valence electrons. The molecule has 0 radical (unpaired) electrons. The molecule has 0 amide bonds. The molecule has 58 heavy (non-hydrogen) atoms. The smallest absolute Gasteiger partial charge is 0.167 e. The summed E-state index contributed by atoms with van der Waals surface area (Å²) in [6.45, 7) is 15.0. The number of phenolic OH excluding ortho intramolecular Hbond substituents is 1. The first kappa shape index (κ1) is 40.9. The van der Waals surface area contributed by atoms with E-state index in [0.29, 0.717) is 58.1 Å². The summed E-state index contributed by atoms with van der Waals surface area (Å²) < 4.78 is 6.55. The van der Waals surface area contributed by atoms with Gasteiger partial charge < -0.3 is 9.84 Å². The molecule has 3 atom stereocenters. The Labute approximate surface area is 347 Å². The Morgan fingerprint density at radius 2 is 1.07 bits per heavy atom. The van der Waals surface area contributed by atoms with E-state index in [0.717, 1.165) is 39.3 Å². The number of unbranched alkanes of at least 4 members (excludes halogenated alkanes) is 2. The predicted octanol–water partition coefficient (Wildman–Crippen LogP) is 14.4. The molecule has 6 aromatic rings. The van der Waals surface area contributed by atoms with Crippen LogP contribution in [0.15, 0.2) is 127 Å². The largest absolute Gasteiger partial charge is 0.507 e. The fourth-order valence-electron chi connectivity index (χ4n) is 9.12. The second kappa shape index (κ2) is 18.1. The summed E-state index contributed by atoms with van der Waals surface area (Å²) in [6.07, 6.45) is 10.1. The molecule has 5 nitrogen and oxygen atoms in total. The molecule has 1 N–H and O–H groups in total. The van der Waals surface area contributed by atoms with Gasteiger partial charge >= 0.3 is 0 Å². The van der Waals surface area contributed by atoms with Crippen molar-refractivity contribution in [3.05, 3.63) is 127 Å². The second-order valence-electron chi connectivity index (χ2n) is 18.6. The molecule has 5 heteroatoms. The second-order valence-corrected chi connectivity index (χ2v) is 18.6. The van der Waals surface area contributed by atoms with Crippen molar-refractivity contribution in [1.82, 2.24) is 15.0 Å². The Balaban J connectivity index is 1.15. The molecule has 1 saturated carbocycles. The number of aromatic hydroxyl groups is 1. The van der Waals surface area contributed by atoms with Gasteiger partial charge in [0.25, 0.3) is 0 Å². The number of hydrogen-bond donors (Lipinski definition) is 1. The van der Waals surface area contributed by atoms with Gasteiger partial charge in [-0.3, -0.25) is 0 Å². The standard InChI is InChI=1S/C53H61N3O2/c1-7-8-15-30-53(5,6)35-44-31-37(34-52(2,3)4)32-45(44)36-58-46-28-29-47(48(57)33-46)51-55-49(42-24-20-40(21-25-42)38-16-11-9-12-17-38)54-50(56-51)43-26-22-41(23-27-43)39-18-13-10-14-19-39/h9-14,16-29,33,37,44-45,57H,7-8,15,30-32,34-36H2,1-6H3. The molecule has 3 unspecified atom stereocenters. The maximum atomic E-state index is 11.6.